The van der Waals surface area contributed by atoms with Gasteiger partial charge in [-0.2, -0.15) is 0 Å². The van der Waals surface area contributed by atoms with Gasteiger partial charge >= 0.3 is 0 Å². The van der Waals surface area contributed by atoms with Crippen LogP contribution in [0.1, 0.15) is 0 Å². The molecule has 2 aromatic carbocycles. The van der Waals surface area contributed by atoms with Gasteiger partial charge in [0, 0.05) is 11.1 Å². The van der Waals surface area contributed by atoms with Crippen LogP contribution in [-0.2, 0) is 0 Å². The van der Waals surface area contributed by atoms with Crippen molar-refractivity contribution >= 4 is 11.6 Å². The van der Waals surface area contributed by atoms with Gasteiger partial charge < -0.3 is 10.2 Å². The smallest absolute Gasteiger partial charge is 0.167 e. The van der Waals surface area contributed by atoms with Crippen LogP contribution < -0.4 is 0 Å². The predicted octanol–water partition coefficient (Wildman–Crippen LogP) is 3.72. The highest BCUT2D eigenvalue weighted by molar-refractivity contribution is 6.30. The number of hydrogen-bond acceptors (Lipinski definition) is 2. The first-order valence-electron chi connectivity index (χ1n) is 4.57. The maximum absolute atomic E-state index is 12.1. The van der Waals surface area contributed by atoms with Gasteiger partial charge in [0.15, 0.2) is 11.6 Å². The Labute approximate surface area is 102 Å². The summed E-state index contributed by atoms with van der Waals surface area (Å²) >= 11 is 5.50. The molecule has 0 aliphatic carbocycles. The van der Waals surface area contributed by atoms with Crippen LogP contribution in [0.3, 0.4) is 0 Å². The molecule has 0 saturated heterocycles. The third kappa shape index (κ3) is 4.70. The first-order chi connectivity index (χ1) is 7.99. The minimum Gasteiger partial charge on any atom is -0.508 e. The molecule has 17 heavy (non-hydrogen) atoms. The molecule has 0 aromatic heterocycles. The lowest BCUT2D eigenvalue weighted by Gasteiger charge is -1.91. The molecule has 0 aliphatic heterocycles. The molecule has 0 fully saturated rings. The maximum Gasteiger partial charge on any atom is 0.167 e. The molecule has 2 rings (SSSR count). The van der Waals surface area contributed by atoms with Crippen molar-refractivity contribution in [1.82, 2.24) is 0 Å². The zero-order valence-electron chi connectivity index (χ0n) is 8.57. The van der Waals surface area contributed by atoms with Crippen molar-refractivity contribution in [2.45, 2.75) is 0 Å². The van der Waals surface area contributed by atoms with Crippen LogP contribution in [0.4, 0.5) is 8.78 Å². The summed E-state index contributed by atoms with van der Waals surface area (Å²) in [6, 6.07) is 8.93. The van der Waals surface area contributed by atoms with Gasteiger partial charge in [-0.05, 0) is 36.4 Å². The standard InChI is InChI=1S/C6H5ClO.C6H4F2O/c7-5-1-3-6(8)4-2-5;7-4-1-2-6(9)5(8)3-4/h1-4,8H;1-3,9H. The van der Waals surface area contributed by atoms with Crippen LogP contribution in [-0.4, -0.2) is 10.2 Å². The molecule has 2 nitrogen and oxygen atoms in total. The Morgan fingerprint density at radius 2 is 1.47 bits per heavy atom. The molecule has 90 valence electrons. The van der Waals surface area contributed by atoms with Gasteiger partial charge in [-0.1, -0.05) is 11.6 Å². The van der Waals surface area contributed by atoms with E-state index in [4.69, 9.17) is 21.8 Å². The van der Waals surface area contributed by atoms with Gasteiger partial charge in [0.1, 0.15) is 11.6 Å². The van der Waals surface area contributed by atoms with E-state index < -0.39 is 17.4 Å². The molecule has 0 saturated carbocycles. The zero-order valence-corrected chi connectivity index (χ0v) is 9.33. The second-order valence-corrected chi connectivity index (χ2v) is 3.51. The summed E-state index contributed by atoms with van der Waals surface area (Å²) in [5.74, 6) is -1.91. The second-order valence-electron chi connectivity index (χ2n) is 3.07. The molecule has 5 heteroatoms. The highest BCUT2D eigenvalue weighted by atomic mass is 35.5. The number of hydrogen-bond donors (Lipinski definition) is 2. The van der Waals surface area contributed by atoms with Crippen molar-refractivity contribution < 1.29 is 19.0 Å². The van der Waals surface area contributed by atoms with Gasteiger partial charge in [-0.25, -0.2) is 8.78 Å². The van der Waals surface area contributed by atoms with Crippen molar-refractivity contribution in [3.8, 4) is 11.5 Å². The fourth-order valence-corrected chi connectivity index (χ4v) is 1.05. The summed E-state index contributed by atoms with van der Waals surface area (Å²) in [6.45, 7) is 0. The van der Waals surface area contributed by atoms with E-state index in [0.29, 0.717) is 11.1 Å². The first kappa shape index (κ1) is 13.3. The molecule has 0 atom stereocenters. The molecular weight excluding hydrogens is 250 g/mol. The maximum atomic E-state index is 12.1. The number of halogens is 3. The molecule has 0 amide bonds. The highest BCUT2D eigenvalue weighted by Gasteiger charge is 1.98. The van der Waals surface area contributed by atoms with E-state index in [2.05, 4.69) is 0 Å². The third-order valence-corrected chi connectivity index (χ3v) is 1.99. The fourth-order valence-electron chi connectivity index (χ4n) is 0.922. The Morgan fingerprint density at radius 1 is 0.882 bits per heavy atom. The minimum absolute atomic E-state index is 0.245. The van der Waals surface area contributed by atoms with Crippen LogP contribution in [0.25, 0.3) is 0 Å². The summed E-state index contributed by atoms with van der Waals surface area (Å²) in [5.41, 5.74) is 0. The Morgan fingerprint density at radius 3 is 1.88 bits per heavy atom. The Kier molecular flexibility index (Phi) is 4.72. The van der Waals surface area contributed by atoms with E-state index in [-0.39, 0.29) is 5.75 Å². The summed E-state index contributed by atoms with van der Waals surface area (Å²) in [4.78, 5) is 0. The number of phenols is 2. The van der Waals surface area contributed by atoms with Crippen LogP contribution >= 0.6 is 11.6 Å². The van der Waals surface area contributed by atoms with E-state index in [9.17, 15) is 8.78 Å². The van der Waals surface area contributed by atoms with E-state index in [0.717, 1.165) is 12.1 Å². The summed E-state index contributed by atoms with van der Waals surface area (Å²) in [6.07, 6.45) is 0. The van der Waals surface area contributed by atoms with E-state index in [1.807, 2.05) is 0 Å². The summed E-state index contributed by atoms with van der Waals surface area (Å²) in [5, 5.41) is 17.8. The fraction of sp³-hybridized carbons (Fsp3) is 0. The summed E-state index contributed by atoms with van der Waals surface area (Å²) < 4.78 is 24.1. The largest absolute Gasteiger partial charge is 0.508 e. The molecule has 2 N–H and O–H groups in total. The van der Waals surface area contributed by atoms with Crippen molar-refractivity contribution in [3.05, 3.63) is 59.1 Å². The lowest BCUT2D eigenvalue weighted by Crippen LogP contribution is -1.77. The zero-order chi connectivity index (χ0) is 12.8. The van der Waals surface area contributed by atoms with Crippen molar-refractivity contribution in [1.29, 1.82) is 0 Å². The first-order valence-corrected chi connectivity index (χ1v) is 4.95. The van der Waals surface area contributed by atoms with Gasteiger partial charge in [-0.15, -0.1) is 0 Å². The van der Waals surface area contributed by atoms with Crippen molar-refractivity contribution in [3.63, 3.8) is 0 Å². The Hall–Kier alpha value is -1.81. The SMILES string of the molecule is Oc1ccc(Cl)cc1.Oc1ccc(F)cc1F. The molecule has 0 aliphatic rings. The van der Waals surface area contributed by atoms with E-state index in [1.54, 1.807) is 24.3 Å². The van der Waals surface area contributed by atoms with Crippen molar-refractivity contribution in [2.75, 3.05) is 0 Å². The molecule has 0 radical (unpaired) electrons. The monoisotopic (exact) mass is 258 g/mol. The van der Waals surface area contributed by atoms with Gasteiger partial charge in [0.25, 0.3) is 0 Å². The lowest BCUT2D eigenvalue weighted by molar-refractivity contribution is 0.428. The second kappa shape index (κ2) is 6.06. The number of aromatic hydroxyl groups is 2. The normalized spacial score (nSPS) is 9.35. The topological polar surface area (TPSA) is 40.5 Å². The van der Waals surface area contributed by atoms with E-state index >= 15 is 0 Å². The van der Waals surface area contributed by atoms with Crippen LogP contribution in [0.5, 0.6) is 11.5 Å². The Bertz CT molecular complexity index is 465. The Balaban J connectivity index is 0.000000171. The number of phenolic OH excluding ortho intramolecular Hbond substituents is 2. The third-order valence-electron chi connectivity index (χ3n) is 1.74. The van der Waals surface area contributed by atoms with Crippen LogP contribution in [0.15, 0.2) is 42.5 Å². The highest BCUT2D eigenvalue weighted by Crippen LogP contribution is 2.14. The molecule has 0 heterocycles. The molecule has 2 aromatic rings. The molecule has 0 unspecified atom stereocenters. The number of benzene rings is 2. The van der Waals surface area contributed by atoms with Crippen LogP contribution in [0, 0.1) is 11.6 Å². The number of rotatable bonds is 0. The van der Waals surface area contributed by atoms with Gasteiger partial charge in [-0.3, -0.25) is 0 Å². The average Bonchev–Trinajstić information content (AvgIpc) is 2.29. The molecular formula is C12H9ClF2O2. The quantitative estimate of drug-likeness (QED) is 0.756. The van der Waals surface area contributed by atoms with Gasteiger partial charge in [0.05, 0.1) is 0 Å². The molecule has 0 spiro atoms. The average molecular weight is 259 g/mol. The van der Waals surface area contributed by atoms with Crippen LogP contribution in [0.2, 0.25) is 5.02 Å². The lowest BCUT2D eigenvalue weighted by atomic mass is 10.3. The van der Waals surface area contributed by atoms with Crippen molar-refractivity contribution in [2.24, 2.45) is 0 Å². The molecule has 0 bridgehead atoms. The van der Waals surface area contributed by atoms with E-state index in [1.165, 1.54) is 0 Å². The van der Waals surface area contributed by atoms with Gasteiger partial charge in [0.2, 0.25) is 0 Å². The predicted molar refractivity (Wildman–Crippen MR) is 61.1 cm³/mol. The summed E-state index contributed by atoms with van der Waals surface area (Å²) in [7, 11) is 0. The minimum atomic E-state index is -0.935.